The van der Waals surface area contributed by atoms with Crippen molar-refractivity contribution in [3.63, 3.8) is 0 Å². The summed E-state index contributed by atoms with van der Waals surface area (Å²) in [5.41, 5.74) is 2.70. The average Bonchev–Trinajstić information content (AvgIpc) is 3.48. The van der Waals surface area contributed by atoms with Crippen molar-refractivity contribution >= 4 is 6.03 Å². The Bertz CT molecular complexity index is 714. The molecule has 0 atom stereocenters. The van der Waals surface area contributed by atoms with Crippen LogP contribution in [0.15, 0.2) is 48.5 Å². The maximum absolute atomic E-state index is 12.1. The fourth-order valence-corrected chi connectivity index (χ4v) is 2.58. The summed E-state index contributed by atoms with van der Waals surface area (Å²) in [6.07, 6.45) is 2.50. The third-order valence-electron chi connectivity index (χ3n) is 4.31. The van der Waals surface area contributed by atoms with Crippen molar-refractivity contribution < 1.29 is 14.6 Å². The van der Waals surface area contributed by atoms with Gasteiger partial charge in [0.2, 0.25) is 0 Å². The van der Waals surface area contributed by atoms with Crippen molar-refractivity contribution in [1.82, 2.24) is 10.6 Å². The minimum atomic E-state index is -0.246. The first-order valence-electron chi connectivity index (χ1n) is 8.66. The molecule has 1 fully saturated rings. The number of para-hydroxylation sites is 1. The van der Waals surface area contributed by atoms with Gasteiger partial charge in [-0.3, -0.25) is 0 Å². The number of hydrogen-bond donors (Lipinski definition) is 3. The van der Waals surface area contributed by atoms with Crippen LogP contribution in [0.2, 0.25) is 0 Å². The second-order valence-electron chi connectivity index (χ2n) is 6.33. The number of ether oxygens (including phenoxy) is 1. The molecule has 0 radical (unpaired) electrons. The Morgan fingerprint density at radius 1 is 0.960 bits per heavy atom. The maximum atomic E-state index is 12.1. The van der Waals surface area contributed by atoms with Crippen LogP contribution in [0.5, 0.6) is 5.75 Å². The number of urea groups is 1. The Hall–Kier alpha value is -2.53. The highest BCUT2D eigenvalue weighted by molar-refractivity contribution is 5.74. The summed E-state index contributed by atoms with van der Waals surface area (Å²) >= 11 is 0. The molecule has 1 saturated carbocycles. The molecule has 3 rings (SSSR count). The van der Waals surface area contributed by atoms with E-state index in [-0.39, 0.29) is 12.6 Å². The third kappa shape index (κ3) is 5.22. The molecule has 25 heavy (non-hydrogen) atoms. The molecule has 0 bridgehead atoms. The summed E-state index contributed by atoms with van der Waals surface area (Å²) in [6.45, 7) is 1.50. The Labute approximate surface area is 148 Å². The monoisotopic (exact) mass is 340 g/mol. The van der Waals surface area contributed by atoms with E-state index in [4.69, 9.17) is 4.74 Å². The van der Waals surface area contributed by atoms with Gasteiger partial charge in [-0.25, -0.2) is 4.79 Å². The van der Waals surface area contributed by atoms with Gasteiger partial charge in [-0.2, -0.15) is 0 Å². The predicted molar refractivity (Wildman–Crippen MR) is 96.1 cm³/mol. The first-order valence-corrected chi connectivity index (χ1v) is 8.66. The molecular weight excluding hydrogens is 316 g/mol. The third-order valence-corrected chi connectivity index (χ3v) is 4.31. The normalized spacial score (nSPS) is 13.3. The average molecular weight is 340 g/mol. The van der Waals surface area contributed by atoms with Crippen LogP contribution < -0.4 is 15.4 Å². The zero-order valence-corrected chi connectivity index (χ0v) is 14.2. The molecule has 0 heterocycles. The Morgan fingerprint density at radius 3 is 2.24 bits per heavy atom. The molecule has 0 saturated heterocycles. The SMILES string of the molecule is O=C(NCc1ccccc1CO)NCc1ccccc1OCC1CC1. The van der Waals surface area contributed by atoms with Gasteiger partial charge in [0.05, 0.1) is 13.2 Å². The Kier molecular flexibility index (Phi) is 5.90. The maximum Gasteiger partial charge on any atom is 0.315 e. The van der Waals surface area contributed by atoms with Gasteiger partial charge >= 0.3 is 6.03 Å². The molecule has 132 valence electrons. The highest BCUT2D eigenvalue weighted by Gasteiger charge is 2.22. The van der Waals surface area contributed by atoms with Crippen LogP contribution in [0.1, 0.15) is 29.5 Å². The molecule has 3 N–H and O–H groups in total. The number of hydrogen-bond acceptors (Lipinski definition) is 3. The van der Waals surface area contributed by atoms with E-state index >= 15 is 0 Å². The van der Waals surface area contributed by atoms with Crippen LogP contribution >= 0.6 is 0 Å². The number of benzene rings is 2. The smallest absolute Gasteiger partial charge is 0.315 e. The van der Waals surface area contributed by atoms with E-state index in [1.807, 2.05) is 48.5 Å². The molecular formula is C20H24N2O3. The highest BCUT2D eigenvalue weighted by atomic mass is 16.5. The molecule has 0 unspecified atom stereocenters. The molecule has 0 aliphatic heterocycles. The minimum absolute atomic E-state index is 0.0365. The lowest BCUT2D eigenvalue weighted by atomic mass is 10.1. The zero-order chi connectivity index (χ0) is 17.5. The number of nitrogens with one attached hydrogen (secondary N) is 2. The van der Waals surface area contributed by atoms with Crippen molar-refractivity contribution in [3.05, 3.63) is 65.2 Å². The van der Waals surface area contributed by atoms with Crippen LogP contribution in [-0.2, 0) is 19.7 Å². The lowest BCUT2D eigenvalue weighted by Crippen LogP contribution is -2.34. The molecule has 0 spiro atoms. The minimum Gasteiger partial charge on any atom is -0.493 e. The molecule has 0 aromatic heterocycles. The fraction of sp³-hybridized carbons (Fsp3) is 0.350. The van der Waals surface area contributed by atoms with E-state index in [0.717, 1.165) is 29.0 Å². The number of aliphatic hydroxyl groups excluding tert-OH is 1. The zero-order valence-electron chi connectivity index (χ0n) is 14.2. The molecule has 2 amide bonds. The van der Waals surface area contributed by atoms with E-state index in [2.05, 4.69) is 10.6 Å². The van der Waals surface area contributed by atoms with E-state index in [1.54, 1.807) is 0 Å². The number of rotatable bonds is 8. The number of amides is 2. The topological polar surface area (TPSA) is 70.6 Å². The van der Waals surface area contributed by atoms with Gasteiger partial charge < -0.3 is 20.5 Å². The number of carbonyl (C=O) groups is 1. The van der Waals surface area contributed by atoms with Crippen LogP contribution in [0.4, 0.5) is 4.79 Å². The lowest BCUT2D eigenvalue weighted by Gasteiger charge is -2.13. The van der Waals surface area contributed by atoms with E-state index in [9.17, 15) is 9.90 Å². The summed E-state index contributed by atoms with van der Waals surface area (Å²) in [7, 11) is 0. The van der Waals surface area contributed by atoms with Crippen LogP contribution in [-0.4, -0.2) is 17.7 Å². The summed E-state index contributed by atoms with van der Waals surface area (Å²) in [4.78, 5) is 12.1. The largest absolute Gasteiger partial charge is 0.493 e. The molecule has 1 aliphatic carbocycles. The second-order valence-corrected chi connectivity index (χ2v) is 6.33. The summed E-state index contributed by atoms with van der Waals surface area (Å²) in [5.74, 6) is 1.52. The second kappa shape index (κ2) is 8.53. The van der Waals surface area contributed by atoms with Gasteiger partial charge in [-0.05, 0) is 36.0 Å². The molecule has 2 aromatic carbocycles. The predicted octanol–water partition coefficient (Wildman–Crippen LogP) is 2.97. The van der Waals surface area contributed by atoms with Gasteiger partial charge in [-0.15, -0.1) is 0 Å². The van der Waals surface area contributed by atoms with Gasteiger partial charge in [0, 0.05) is 18.7 Å². The summed E-state index contributed by atoms with van der Waals surface area (Å²) in [5, 5.41) is 15.0. The van der Waals surface area contributed by atoms with Gasteiger partial charge in [0.25, 0.3) is 0 Å². The standard InChI is InChI=1S/C20H24N2O3/c23-13-18-7-2-1-5-16(18)11-21-20(24)22-12-17-6-3-4-8-19(17)25-14-15-9-10-15/h1-8,15,23H,9-14H2,(H2,21,22,24). The molecule has 1 aliphatic rings. The van der Waals surface area contributed by atoms with E-state index in [1.165, 1.54) is 12.8 Å². The van der Waals surface area contributed by atoms with Crippen LogP contribution in [0.25, 0.3) is 0 Å². The lowest BCUT2D eigenvalue weighted by molar-refractivity contribution is 0.239. The molecule has 5 nitrogen and oxygen atoms in total. The molecule has 2 aromatic rings. The van der Waals surface area contributed by atoms with Gasteiger partial charge in [0.1, 0.15) is 5.75 Å². The van der Waals surface area contributed by atoms with Crippen molar-refractivity contribution in [1.29, 1.82) is 0 Å². The first-order chi connectivity index (χ1) is 12.3. The van der Waals surface area contributed by atoms with Gasteiger partial charge in [0.15, 0.2) is 0 Å². The first kappa shape index (κ1) is 17.3. The van der Waals surface area contributed by atoms with Crippen LogP contribution in [0.3, 0.4) is 0 Å². The van der Waals surface area contributed by atoms with E-state index in [0.29, 0.717) is 19.0 Å². The van der Waals surface area contributed by atoms with Crippen molar-refractivity contribution in [3.8, 4) is 5.75 Å². The van der Waals surface area contributed by atoms with Crippen molar-refractivity contribution in [2.45, 2.75) is 32.5 Å². The quantitative estimate of drug-likeness (QED) is 0.692. The highest BCUT2D eigenvalue weighted by Crippen LogP contribution is 2.30. The van der Waals surface area contributed by atoms with E-state index < -0.39 is 0 Å². The Balaban J connectivity index is 1.48. The molecule has 5 heteroatoms. The van der Waals surface area contributed by atoms with Crippen LogP contribution in [0, 0.1) is 5.92 Å². The number of aliphatic hydroxyl groups is 1. The van der Waals surface area contributed by atoms with Crippen molar-refractivity contribution in [2.75, 3.05) is 6.61 Å². The number of carbonyl (C=O) groups excluding carboxylic acids is 1. The fourth-order valence-electron chi connectivity index (χ4n) is 2.58. The summed E-state index contributed by atoms with van der Waals surface area (Å²) in [6, 6.07) is 15.0. The van der Waals surface area contributed by atoms with Crippen molar-refractivity contribution in [2.24, 2.45) is 5.92 Å². The summed E-state index contributed by atoms with van der Waals surface area (Å²) < 4.78 is 5.85. The Morgan fingerprint density at radius 2 is 1.56 bits per heavy atom. The van der Waals surface area contributed by atoms with Gasteiger partial charge in [-0.1, -0.05) is 42.5 Å².